The molecular weight excluding hydrogens is 440 g/mol. The third-order valence-corrected chi connectivity index (χ3v) is 4.60. The number of benzene rings is 2. The van der Waals surface area contributed by atoms with Gasteiger partial charge in [-0.2, -0.15) is 5.10 Å². The number of furan rings is 1. The maximum absolute atomic E-state index is 12.1. The molecule has 164 valence electrons. The number of hydrazone groups is 1. The van der Waals surface area contributed by atoms with Gasteiger partial charge < -0.3 is 14.5 Å². The summed E-state index contributed by atoms with van der Waals surface area (Å²) in [5.41, 5.74) is 3.30. The molecule has 2 aromatic carbocycles. The van der Waals surface area contributed by atoms with Crippen LogP contribution in [0.1, 0.15) is 11.3 Å². The van der Waals surface area contributed by atoms with Crippen molar-refractivity contribution in [1.82, 2.24) is 5.43 Å². The number of nitro groups is 1. The smallest absolute Gasteiger partial charge is 0.329 e. The second-order valence-corrected chi connectivity index (χ2v) is 6.84. The number of rotatable bonds is 6. The van der Waals surface area contributed by atoms with Crippen LogP contribution in [0.4, 0.5) is 11.4 Å². The standard InChI is InChI=1S/C21H17ClN4O6/c1-12-15(4-3-5-17(12)26(29)30)18-9-7-14(32-18)11-23-25-21(28)20(27)24-16-10-13(22)6-8-19(16)31-2/h3-11H,1-2H3,(H,24,27)(H,25,28)/b23-11+. The fourth-order valence-corrected chi connectivity index (χ4v) is 2.99. The summed E-state index contributed by atoms with van der Waals surface area (Å²) in [5, 5.41) is 17.5. The molecule has 1 heterocycles. The molecular formula is C21H17ClN4O6. The van der Waals surface area contributed by atoms with Crippen molar-refractivity contribution in [3.05, 3.63) is 75.0 Å². The van der Waals surface area contributed by atoms with Crippen LogP contribution in [0.3, 0.4) is 0 Å². The van der Waals surface area contributed by atoms with E-state index >= 15 is 0 Å². The van der Waals surface area contributed by atoms with Gasteiger partial charge in [-0.3, -0.25) is 19.7 Å². The Morgan fingerprint density at radius 1 is 1.19 bits per heavy atom. The molecule has 0 saturated heterocycles. The van der Waals surface area contributed by atoms with E-state index < -0.39 is 16.7 Å². The molecule has 3 aromatic rings. The lowest BCUT2D eigenvalue weighted by Crippen LogP contribution is -2.32. The Morgan fingerprint density at radius 2 is 1.97 bits per heavy atom. The number of nitrogens with one attached hydrogen (secondary N) is 2. The van der Waals surface area contributed by atoms with E-state index in [1.54, 1.807) is 43.3 Å². The van der Waals surface area contributed by atoms with Crippen LogP contribution in [-0.4, -0.2) is 30.1 Å². The van der Waals surface area contributed by atoms with Crippen molar-refractivity contribution in [2.45, 2.75) is 6.92 Å². The van der Waals surface area contributed by atoms with Gasteiger partial charge in [0, 0.05) is 22.2 Å². The van der Waals surface area contributed by atoms with Crippen molar-refractivity contribution in [2.75, 3.05) is 12.4 Å². The first-order valence-electron chi connectivity index (χ1n) is 9.12. The quantitative estimate of drug-likeness (QED) is 0.250. The van der Waals surface area contributed by atoms with Gasteiger partial charge in [-0.1, -0.05) is 23.7 Å². The number of nitro benzene ring substituents is 1. The maximum atomic E-state index is 12.1. The highest BCUT2D eigenvalue weighted by molar-refractivity contribution is 6.40. The summed E-state index contributed by atoms with van der Waals surface area (Å²) in [6.07, 6.45) is 1.20. The number of carbonyl (C=O) groups is 2. The van der Waals surface area contributed by atoms with E-state index in [0.29, 0.717) is 27.7 Å². The number of hydrogen-bond donors (Lipinski definition) is 2. The molecule has 32 heavy (non-hydrogen) atoms. The van der Waals surface area contributed by atoms with Crippen molar-refractivity contribution < 1.29 is 23.7 Å². The number of hydrogen-bond acceptors (Lipinski definition) is 7. The average molecular weight is 457 g/mol. The Morgan fingerprint density at radius 3 is 2.69 bits per heavy atom. The molecule has 1 aromatic heterocycles. The molecule has 0 saturated carbocycles. The molecule has 0 radical (unpaired) electrons. The number of ether oxygens (including phenoxy) is 1. The zero-order valence-corrected chi connectivity index (χ0v) is 17.7. The van der Waals surface area contributed by atoms with Crippen LogP contribution in [0.5, 0.6) is 5.75 Å². The minimum absolute atomic E-state index is 0.0243. The van der Waals surface area contributed by atoms with Gasteiger partial charge in [-0.25, -0.2) is 5.43 Å². The molecule has 0 aliphatic heterocycles. The molecule has 0 aliphatic rings. The van der Waals surface area contributed by atoms with E-state index in [2.05, 4.69) is 15.8 Å². The summed E-state index contributed by atoms with van der Waals surface area (Å²) in [7, 11) is 1.41. The highest BCUT2D eigenvalue weighted by atomic mass is 35.5. The fourth-order valence-electron chi connectivity index (χ4n) is 2.82. The van der Waals surface area contributed by atoms with Gasteiger partial charge in [0.2, 0.25) is 0 Å². The van der Waals surface area contributed by atoms with Gasteiger partial charge in [-0.05, 0) is 37.3 Å². The number of methoxy groups -OCH3 is 1. The first-order chi connectivity index (χ1) is 15.3. The maximum Gasteiger partial charge on any atom is 0.329 e. The molecule has 2 amide bonds. The van der Waals surface area contributed by atoms with Gasteiger partial charge in [0.05, 0.1) is 23.9 Å². The molecule has 10 nitrogen and oxygen atoms in total. The molecule has 0 fully saturated rings. The zero-order chi connectivity index (χ0) is 23.3. The number of anilines is 1. The SMILES string of the molecule is COc1ccc(Cl)cc1NC(=O)C(=O)N/N=C/c1ccc(-c2cccc([N+](=O)[O-])c2C)o1. The average Bonchev–Trinajstić information content (AvgIpc) is 3.22. The monoisotopic (exact) mass is 456 g/mol. The van der Waals surface area contributed by atoms with E-state index in [9.17, 15) is 19.7 Å². The molecule has 0 aliphatic carbocycles. The number of nitrogens with zero attached hydrogens (tertiary/aromatic N) is 2. The minimum atomic E-state index is -1.02. The number of halogens is 1. The lowest BCUT2D eigenvalue weighted by Gasteiger charge is -2.09. The van der Waals surface area contributed by atoms with E-state index in [-0.39, 0.29) is 17.1 Å². The highest BCUT2D eigenvalue weighted by Gasteiger charge is 2.17. The first-order valence-corrected chi connectivity index (χ1v) is 9.50. The van der Waals surface area contributed by atoms with Crippen LogP contribution in [-0.2, 0) is 9.59 Å². The minimum Gasteiger partial charge on any atom is -0.495 e. The second-order valence-electron chi connectivity index (χ2n) is 6.41. The van der Waals surface area contributed by atoms with E-state index in [0.717, 1.165) is 0 Å². The van der Waals surface area contributed by atoms with E-state index in [1.807, 2.05) is 0 Å². The van der Waals surface area contributed by atoms with Gasteiger partial charge >= 0.3 is 11.8 Å². The predicted molar refractivity (Wildman–Crippen MR) is 118 cm³/mol. The van der Waals surface area contributed by atoms with Gasteiger partial charge in [0.25, 0.3) is 5.69 Å². The Kier molecular flexibility index (Phi) is 6.86. The highest BCUT2D eigenvalue weighted by Crippen LogP contribution is 2.31. The topological polar surface area (TPSA) is 136 Å². The lowest BCUT2D eigenvalue weighted by molar-refractivity contribution is -0.385. The zero-order valence-electron chi connectivity index (χ0n) is 16.9. The van der Waals surface area contributed by atoms with Crippen LogP contribution < -0.4 is 15.5 Å². The van der Waals surface area contributed by atoms with Crippen LogP contribution in [0, 0.1) is 17.0 Å². The summed E-state index contributed by atoms with van der Waals surface area (Å²) >= 11 is 5.89. The first kappa shape index (κ1) is 22.5. The molecule has 2 N–H and O–H groups in total. The molecule has 11 heteroatoms. The Hall–Kier alpha value is -4.18. The summed E-state index contributed by atoms with van der Waals surface area (Å²) in [6.45, 7) is 1.62. The number of amides is 2. The van der Waals surface area contributed by atoms with Gasteiger partial charge in [0.1, 0.15) is 17.3 Å². The van der Waals surface area contributed by atoms with Crippen LogP contribution in [0.15, 0.2) is 58.0 Å². The van der Waals surface area contributed by atoms with Crippen molar-refractivity contribution in [1.29, 1.82) is 0 Å². The predicted octanol–water partition coefficient (Wildman–Crippen LogP) is 3.91. The van der Waals surface area contributed by atoms with Gasteiger partial charge in [-0.15, -0.1) is 0 Å². The van der Waals surface area contributed by atoms with Crippen molar-refractivity contribution in [3.8, 4) is 17.1 Å². The Balaban J connectivity index is 1.65. The lowest BCUT2D eigenvalue weighted by atomic mass is 10.1. The van der Waals surface area contributed by atoms with Crippen molar-refractivity contribution >= 4 is 41.0 Å². The molecule has 0 atom stereocenters. The fraction of sp³-hybridized carbons (Fsp3) is 0.0952. The Bertz CT molecular complexity index is 1220. The van der Waals surface area contributed by atoms with Gasteiger partial charge in [0.15, 0.2) is 0 Å². The molecule has 0 bridgehead atoms. The van der Waals surface area contributed by atoms with E-state index in [4.69, 9.17) is 20.8 Å². The molecule has 0 unspecified atom stereocenters. The third kappa shape index (κ3) is 5.10. The normalized spacial score (nSPS) is 10.7. The molecule has 3 rings (SSSR count). The summed E-state index contributed by atoms with van der Waals surface area (Å²) < 4.78 is 10.7. The van der Waals surface area contributed by atoms with Crippen LogP contribution in [0.2, 0.25) is 5.02 Å². The summed E-state index contributed by atoms with van der Waals surface area (Å²) in [6, 6.07) is 12.4. The number of carbonyl (C=O) groups excluding carboxylic acids is 2. The largest absolute Gasteiger partial charge is 0.495 e. The van der Waals surface area contributed by atoms with E-state index in [1.165, 1.54) is 25.5 Å². The summed E-state index contributed by atoms with van der Waals surface area (Å²) in [5.74, 6) is -1.01. The van der Waals surface area contributed by atoms with Crippen LogP contribution >= 0.6 is 11.6 Å². The Labute approximate surface area is 187 Å². The second kappa shape index (κ2) is 9.75. The third-order valence-electron chi connectivity index (χ3n) is 4.37. The van der Waals surface area contributed by atoms with Crippen molar-refractivity contribution in [3.63, 3.8) is 0 Å². The van der Waals surface area contributed by atoms with Crippen LogP contribution in [0.25, 0.3) is 11.3 Å². The summed E-state index contributed by atoms with van der Waals surface area (Å²) in [4.78, 5) is 34.7. The molecule has 0 spiro atoms. The van der Waals surface area contributed by atoms with Crippen molar-refractivity contribution in [2.24, 2.45) is 5.10 Å².